The summed E-state index contributed by atoms with van der Waals surface area (Å²) in [7, 11) is 0. The Morgan fingerprint density at radius 2 is 1.62 bits per heavy atom. The summed E-state index contributed by atoms with van der Waals surface area (Å²) in [5, 5.41) is 7.88. The number of halogens is 2. The van der Waals surface area contributed by atoms with Crippen molar-refractivity contribution < 1.29 is 0 Å². The molecule has 0 fully saturated rings. The second-order valence-corrected chi connectivity index (χ2v) is 6.11. The van der Waals surface area contributed by atoms with E-state index in [1.165, 1.54) is 0 Å². The van der Waals surface area contributed by atoms with Crippen molar-refractivity contribution in [2.45, 2.75) is 13.5 Å². The van der Waals surface area contributed by atoms with Crippen LogP contribution in [0.3, 0.4) is 0 Å². The molecule has 0 saturated heterocycles. The third-order valence-electron chi connectivity index (χ3n) is 3.36. The van der Waals surface area contributed by atoms with Crippen LogP contribution in [0.1, 0.15) is 11.4 Å². The highest BCUT2D eigenvalue weighted by atomic mass is 35.5. The molecule has 2 aromatic carbocycles. The van der Waals surface area contributed by atoms with Crippen molar-refractivity contribution in [3.05, 3.63) is 76.0 Å². The van der Waals surface area contributed by atoms with Crippen molar-refractivity contribution in [2.75, 3.05) is 10.6 Å². The van der Waals surface area contributed by atoms with Gasteiger partial charge in [-0.15, -0.1) is 0 Å². The zero-order valence-corrected chi connectivity index (χ0v) is 14.6. The number of hydrogen-bond donors (Lipinski definition) is 2. The molecule has 0 amide bonds. The first-order valence-corrected chi connectivity index (χ1v) is 8.21. The lowest BCUT2D eigenvalue weighted by atomic mass is 10.2. The number of para-hydroxylation sites is 1. The van der Waals surface area contributed by atoms with Crippen LogP contribution in [0.4, 0.5) is 17.3 Å². The highest BCUT2D eigenvalue weighted by molar-refractivity contribution is 6.33. The highest BCUT2D eigenvalue weighted by Crippen LogP contribution is 2.25. The second-order valence-electron chi connectivity index (χ2n) is 5.27. The average molecular weight is 359 g/mol. The van der Waals surface area contributed by atoms with E-state index in [9.17, 15) is 0 Å². The van der Waals surface area contributed by atoms with Gasteiger partial charge in [0.2, 0.25) is 0 Å². The molecule has 3 rings (SSSR count). The van der Waals surface area contributed by atoms with Gasteiger partial charge in [-0.3, -0.25) is 0 Å². The maximum atomic E-state index is 6.18. The summed E-state index contributed by atoms with van der Waals surface area (Å²) < 4.78 is 0. The average Bonchev–Trinajstić information content (AvgIpc) is 2.56. The predicted molar refractivity (Wildman–Crippen MR) is 100 cm³/mol. The molecular formula is C18H16Cl2N4. The van der Waals surface area contributed by atoms with E-state index in [0.29, 0.717) is 23.2 Å². The SMILES string of the molecule is Cc1nc(NCc2ccc(Cl)cc2)cc(Nc2ccccc2Cl)n1. The minimum Gasteiger partial charge on any atom is -0.366 e. The Kier molecular flexibility index (Phi) is 5.18. The number of benzene rings is 2. The Hall–Kier alpha value is -2.30. The van der Waals surface area contributed by atoms with Gasteiger partial charge in [0.15, 0.2) is 0 Å². The maximum Gasteiger partial charge on any atom is 0.136 e. The molecule has 0 radical (unpaired) electrons. The van der Waals surface area contributed by atoms with Gasteiger partial charge in [0.1, 0.15) is 17.5 Å². The molecule has 24 heavy (non-hydrogen) atoms. The van der Waals surface area contributed by atoms with Crippen LogP contribution >= 0.6 is 23.2 Å². The fraction of sp³-hybridized carbons (Fsp3) is 0.111. The summed E-state index contributed by atoms with van der Waals surface area (Å²) in [6.07, 6.45) is 0. The van der Waals surface area contributed by atoms with Gasteiger partial charge in [0.05, 0.1) is 10.7 Å². The van der Waals surface area contributed by atoms with Gasteiger partial charge in [0.25, 0.3) is 0 Å². The first-order valence-electron chi connectivity index (χ1n) is 7.46. The predicted octanol–water partition coefficient (Wildman–Crippen LogP) is 5.45. The minimum absolute atomic E-state index is 0.643. The molecule has 122 valence electrons. The summed E-state index contributed by atoms with van der Waals surface area (Å²) in [5.41, 5.74) is 1.93. The fourth-order valence-corrected chi connectivity index (χ4v) is 2.53. The zero-order valence-electron chi connectivity index (χ0n) is 13.1. The number of nitrogens with one attached hydrogen (secondary N) is 2. The number of hydrogen-bond acceptors (Lipinski definition) is 4. The maximum absolute atomic E-state index is 6.18. The minimum atomic E-state index is 0.643. The first-order chi connectivity index (χ1) is 11.6. The van der Waals surface area contributed by atoms with Crippen molar-refractivity contribution in [1.29, 1.82) is 0 Å². The third-order valence-corrected chi connectivity index (χ3v) is 3.94. The molecule has 0 aliphatic heterocycles. The lowest BCUT2D eigenvalue weighted by molar-refractivity contribution is 1.03. The van der Waals surface area contributed by atoms with E-state index in [0.717, 1.165) is 22.1 Å². The van der Waals surface area contributed by atoms with Crippen LogP contribution in [0.2, 0.25) is 10.0 Å². The Labute approximate surface area is 150 Å². The molecule has 3 aromatic rings. The lowest BCUT2D eigenvalue weighted by Gasteiger charge is -2.11. The quantitative estimate of drug-likeness (QED) is 0.636. The van der Waals surface area contributed by atoms with Crippen LogP contribution in [0.25, 0.3) is 0 Å². The van der Waals surface area contributed by atoms with Crippen molar-refractivity contribution in [3.63, 3.8) is 0 Å². The molecule has 0 aliphatic rings. The molecule has 2 N–H and O–H groups in total. The summed E-state index contributed by atoms with van der Waals surface area (Å²) in [4.78, 5) is 8.81. The van der Waals surface area contributed by atoms with Gasteiger partial charge in [-0.25, -0.2) is 9.97 Å². The van der Waals surface area contributed by atoms with E-state index in [1.807, 2.05) is 61.5 Å². The van der Waals surface area contributed by atoms with Gasteiger partial charge in [-0.1, -0.05) is 47.5 Å². The molecule has 0 saturated carbocycles. The monoisotopic (exact) mass is 358 g/mol. The third kappa shape index (κ3) is 4.37. The highest BCUT2D eigenvalue weighted by Gasteiger charge is 2.05. The van der Waals surface area contributed by atoms with E-state index in [4.69, 9.17) is 23.2 Å². The van der Waals surface area contributed by atoms with Crippen LogP contribution in [0, 0.1) is 6.92 Å². The van der Waals surface area contributed by atoms with E-state index < -0.39 is 0 Å². The number of aryl methyl sites for hydroxylation is 1. The molecule has 0 unspecified atom stereocenters. The second kappa shape index (κ2) is 7.51. The summed E-state index contributed by atoms with van der Waals surface area (Å²) in [6.45, 7) is 2.50. The van der Waals surface area contributed by atoms with Crippen LogP contribution < -0.4 is 10.6 Å². The Bertz CT molecular complexity index is 835. The first kappa shape index (κ1) is 16.6. The zero-order chi connectivity index (χ0) is 16.9. The van der Waals surface area contributed by atoms with Crippen LogP contribution in [-0.4, -0.2) is 9.97 Å². The van der Waals surface area contributed by atoms with E-state index >= 15 is 0 Å². The fourth-order valence-electron chi connectivity index (χ4n) is 2.22. The number of anilines is 3. The van der Waals surface area contributed by atoms with Crippen molar-refractivity contribution in [3.8, 4) is 0 Å². The van der Waals surface area contributed by atoms with Gasteiger partial charge < -0.3 is 10.6 Å². The normalized spacial score (nSPS) is 10.5. The number of rotatable bonds is 5. The molecule has 4 nitrogen and oxygen atoms in total. The molecule has 0 atom stereocenters. The summed E-state index contributed by atoms with van der Waals surface area (Å²) >= 11 is 12.1. The molecule has 1 aromatic heterocycles. The smallest absolute Gasteiger partial charge is 0.136 e. The molecule has 0 bridgehead atoms. The molecule has 1 heterocycles. The molecule has 0 spiro atoms. The largest absolute Gasteiger partial charge is 0.366 e. The van der Waals surface area contributed by atoms with Crippen molar-refractivity contribution in [2.24, 2.45) is 0 Å². The van der Waals surface area contributed by atoms with Crippen molar-refractivity contribution >= 4 is 40.5 Å². The summed E-state index contributed by atoms with van der Waals surface area (Å²) in [5.74, 6) is 2.10. The number of nitrogens with zero attached hydrogens (tertiary/aromatic N) is 2. The molecule has 6 heteroatoms. The van der Waals surface area contributed by atoms with Crippen molar-refractivity contribution in [1.82, 2.24) is 9.97 Å². The van der Waals surface area contributed by atoms with Gasteiger partial charge >= 0.3 is 0 Å². The Balaban J connectivity index is 1.74. The molecule has 0 aliphatic carbocycles. The summed E-state index contributed by atoms with van der Waals surface area (Å²) in [6, 6.07) is 17.1. The van der Waals surface area contributed by atoms with Gasteiger partial charge in [-0.2, -0.15) is 0 Å². The Morgan fingerprint density at radius 1 is 0.917 bits per heavy atom. The van der Waals surface area contributed by atoms with Crippen LogP contribution in [0.5, 0.6) is 0 Å². The number of aromatic nitrogens is 2. The van der Waals surface area contributed by atoms with Gasteiger partial charge in [-0.05, 0) is 36.8 Å². The topological polar surface area (TPSA) is 49.8 Å². The Morgan fingerprint density at radius 3 is 2.38 bits per heavy atom. The van der Waals surface area contributed by atoms with Gasteiger partial charge in [0, 0.05) is 17.6 Å². The van der Waals surface area contributed by atoms with E-state index in [2.05, 4.69) is 20.6 Å². The van der Waals surface area contributed by atoms with E-state index in [-0.39, 0.29) is 0 Å². The van der Waals surface area contributed by atoms with Crippen LogP contribution in [0.15, 0.2) is 54.6 Å². The standard InChI is InChI=1S/C18H16Cl2N4/c1-12-22-17(21-11-13-6-8-14(19)9-7-13)10-18(23-12)24-16-5-3-2-4-15(16)20/h2-10H,11H2,1H3,(H2,21,22,23,24). The van der Waals surface area contributed by atoms with E-state index in [1.54, 1.807) is 0 Å². The molecular weight excluding hydrogens is 343 g/mol. The lowest BCUT2D eigenvalue weighted by Crippen LogP contribution is -2.05. The van der Waals surface area contributed by atoms with Crippen LogP contribution in [-0.2, 0) is 6.54 Å².